The number of carboxylic acids is 1. The number of nitrogens with one attached hydrogen (secondary N) is 3. The standard InChI is InChI=1S/C14H22N6O7/c15-10(23)2-1-7(17-14(26)18-9(5-21)13(24)25)11-19-20-12(27-11)8-3-6(22)4-16-8/h6-9,16,21-22H,1-5H2,(H2,15,23)(H,24,25)(H2,17,18,26)/t6-,7+,8+,9+/m1/s1. The number of aliphatic hydroxyl groups excluding tert-OH is 2. The zero-order chi connectivity index (χ0) is 20.0. The molecule has 0 spiro atoms. The number of aromatic nitrogens is 2. The van der Waals surface area contributed by atoms with Crippen molar-refractivity contribution in [1.29, 1.82) is 0 Å². The molecule has 2 rings (SSSR count). The van der Waals surface area contributed by atoms with Gasteiger partial charge in [-0.2, -0.15) is 0 Å². The lowest BCUT2D eigenvalue weighted by molar-refractivity contribution is -0.140. The Kier molecular flexibility index (Phi) is 7.04. The van der Waals surface area contributed by atoms with Gasteiger partial charge in [0.25, 0.3) is 0 Å². The van der Waals surface area contributed by atoms with Gasteiger partial charge in [-0.15, -0.1) is 10.2 Å². The number of carbonyl (C=O) groups excluding carboxylic acids is 2. The molecule has 0 unspecified atom stereocenters. The van der Waals surface area contributed by atoms with E-state index in [-0.39, 0.29) is 30.7 Å². The summed E-state index contributed by atoms with van der Waals surface area (Å²) in [5.41, 5.74) is 5.13. The summed E-state index contributed by atoms with van der Waals surface area (Å²) in [5, 5.41) is 42.6. The number of urea groups is 1. The Bertz CT molecular complexity index is 681. The largest absolute Gasteiger partial charge is 0.480 e. The van der Waals surface area contributed by atoms with Gasteiger partial charge < -0.3 is 41.4 Å². The van der Waals surface area contributed by atoms with E-state index in [2.05, 4.69) is 26.1 Å². The minimum atomic E-state index is -1.50. The molecule has 0 aromatic carbocycles. The first kappa shape index (κ1) is 20.5. The first-order valence-corrected chi connectivity index (χ1v) is 8.23. The SMILES string of the molecule is NC(=O)CC[C@H](NC(=O)N[C@@H](CO)C(=O)O)c1nnc([C@@H]2C[C@@H](O)CN2)o1. The molecule has 1 aliphatic heterocycles. The summed E-state index contributed by atoms with van der Waals surface area (Å²) in [5.74, 6) is -1.80. The minimum Gasteiger partial charge on any atom is -0.480 e. The maximum atomic E-state index is 12.0. The summed E-state index contributed by atoms with van der Waals surface area (Å²) in [7, 11) is 0. The van der Waals surface area contributed by atoms with Crippen LogP contribution in [0.1, 0.15) is 43.1 Å². The predicted molar refractivity (Wildman–Crippen MR) is 87.0 cm³/mol. The summed E-state index contributed by atoms with van der Waals surface area (Å²) in [6, 6.07) is -3.64. The van der Waals surface area contributed by atoms with E-state index >= 15 is 0 Å². The average molecular weight is 386 g/mol. The van der Waals surface area contributed by atoms with Crippen LogP contribution >= 0.6 is 0 Å². The highest BCUT2D eigenvalue weighted by atomic mass is 16.4. The fraction of sp³-hybridized carbons (Fsp3) is 0.643. The van der Waals surface area contributed by atoms with Crippen molar-refractivity contribution in [2.24, 2.45) is 5.73 Å². The number of hydrogen-bond donors (Lipinski definition) is 7. The fourth-order valence-corrected chi connectivity index (χ4v) is 2.52. The topological polar surface area (TPSA) is 213 Å². The number of carbonyl (C=O) groups is 3. The van der Waals surface area contributed by atoms with E-state index in [1.54, 1.807) is 0 Å². The molecule has 1 aliphatic rings. The number of aliphatic carboxylic acids is 1. The zero-order valence-electron chi connectivity index (χ0n) is 14.3. The van der Waals surface area contributed by atoms with Crippen molar-refractivity contribution in [3.8, 4) is 0 Å². The summed E-state index contributed by atoms with van der Waals surface area (Å²) in [6.07, 6.45) is -0.197. The van der Waals surface area contributed by atoms with Gasteiger partial charge >= 0.3 is 12.0 Å². The van der Waals surface area contributed by atoms with E-state index in [0.29, 0.717) is 13.0 Å². The molecule has 0 saturated carbocycles. The molecule has 13 heteroatoms. The van der Waals surface area contributed by atoms with Gasteiger partial charge in [0.15, 0.2) is 6.04 Å². The third-order valence-corrected chi connectivity index (χ3v) is 3.93. The van der Waals surface area contributed by atoms with Crippen LogP contribution in [0.3, 0.4) is 0 Å². The molecular weight excluding hydrogens is 364 g/mol. The van der Waals surface area contributed by atoms with Crippen molar-refractivity contribution >= 4 is 17.9 Å². The Balaban J connectivity index is 2.07. The predicted octanol–water partition coefficient (Wildman–Crippen LogP) is -2.48. The Labute approximate surface area is 153 Å². The summed E-state index contributed by atoms with van der Waals surface area (Å²) < 4.78 is 5.53. The molecule has 0 aliphatic carbocycles. The van der Waals surface area contributed by atoms with Crippen molar-refractivity contribution in [3.05, 3.63) is 11.8 Å². The van der Waals surface area contributed by atoms with E-state index in [1.165, 1.54) is 0 Å². The van der Waals surface area contributed by atoms with E-state index in [1.807, 2.05) is 0 Å². The average Bonchev–Trinajstić information content (AvgIpc) is 3.24. The number of carboxylic acid groups (broad SMARTS) is 1. The van der Waals surface area contributed by atoms with Crippen LogP contribution in [0.2, 0.25) is 0 Å². The second-order valence-electron chi connectivity index (χ2n) is 6.08. The molecule has 0 radical (unpaired) electrons. The van der Waals surface area contributed by atoms with Crippen molar-refractivity contribution in [3.63, 3.8) is 0 Å². The lowest BCUT2D eigenvalue weighted by atomic mass is 10.1. The van der Waals surface area contributed by atoms with Gasteiger partial charge in [0.05, 0.1) is 18.8 Å². The molecular formula is C14H22N6O7. The molecule has 4 atom stereocenters. The first-order valence-electron chi connectivity index (χ1n) is 8.23. The Morgan fingerprint density at radius 1 is 1.33 bits per heavy atom. The maximum absolute atomic E-state index is 12.0. The molecule has 3 amide bonds. The Hall–Kier alpha value is -2.77. The lowest BCUT2D eigenvalue weighted by Crippen LogP contribution is -2.48. The highest BCUT2D eigenvalue weighted by molar-refractivity contribution is 5.82. The van der Waals surface area contributed by atoms with Crippen molar-refractivity contribution in [2.45, 2.75) is 43.5 Å². The molecule has 13 nitrogen and oxygen atoms in total. The quantitative estimate of drug-likeness (QED) is 0.237. The minimum absolute atomic E-state index is 0.000429. The zero-order valence-corrected chi connectivity index (χ0v) is 14.3. The number of primary amides is 1. The smallest absolute Gasteiger partial charge is 0.328 e. The van der Waals surface area contributed by atoms with Gasteiger partial charge in [0.1, 0.15) is 6.04 Å². The molecule has 1 fully saturated rings. The number of rotatable bonds is 9. The summed E-state index contributed by atoms with van der Waals surface area (Å²) in [6.45, 7) is -0.416. The van der Waals surface area contributed by atoms with Gasteiger partial charge in [-0.3, -0.25) is 4.79 Å². The van der Waals surface area contributed by atoms with E-state index in [0.717, 1.165) is 0 Å². The van der Waals surface area contributed by atoms with Crippen molar-refractivity contribution in [1.82, 2.24) is 26.1 Å². The van der Waals surface area contributed by atoms with E-state index < -0.39 is 42.7 Å². The molecule has 1 aromatic rings. The fourth-order valence-electron chi connectivity index (χ4n) is 2.52. The van der Waals surface area contributed by atoms with Crippen molar-refractivity contribution in [2.75, 3.05) is 13.2 Å². The van der Waals surface area contributed by atoms with Crippen LogP contribution in [0, 0.1) is 0 Å². The number of amides is 3. The van der Waals surface area contributed by atoms with Gasteiger partial charge in [-0.25, -0.2) is 9.59 Å². The van der Waals surface area contributed by atoms with Crippen LogP contribution in [0.15, 0.2) is 4.42 Å². The van der Waals surface area contributed by atoms with Crippen LogP contribution in [-0.4, -0.2) is 68.7 Å². The number of nitrogens with zero attached hydrogens (tertiary/aromatic N) is 2. The first-order chi connectivity index (χ1) is 12.8. The molecule has 8 N–H and O–H groups in total. The number of β-amino-alcohol motifs (C(OH)–C–C–N with tert-alkyl or cyclic N) is 1. The second kappa shape index (κ2) is 9.25. The molecule has 2 heterocycles. The molecule has 1 saturated heterocycles. The number of nitrogens with two attached hydrogens (primary N) is 1. The van der Waals surface area contributed by atoms with E-state index in [4.69, 9.17) is 20.4 Å². The molecule has 1 aromatic heterocycles. The normalized spacial score (nSPS) is 21.4. The van der Waals surface area contributed by atoms with Crippen LogP contribution < -0.4 is 21.7 Å². The molecule has 27 heavy (non-hydrogen) atoms. The maximum Gasteiger partial charge on any atom is 0.328 e. The highest BCUT2D eigenvalue weighted by Gasteiger charge is 2.30. The lowest BCUT2D eigenvalue weighted by Gasteiger charge is -2.17. The van der Waals surface area contributed by atoms with E-state index in [9.17, 15) is 19.5 Å². The third kappa shape index (κ3) is 5.87. The van der Waals surface area contributed by atoms with Gasteiger partial charge in [0, 0.05) is 13.0 Å². The van der Waals surface area contributed by atoms with Crippen LogP contribution in [0.4, 0.5) is 4.79 Å². The number of aliphatic hydroxyl groups is 2. The van der Waals surface area contributed by atoms with Gasteiger partial charge in [0.2, 0.25) is 17.7 Å². The van der Waals surface area contributed by atoms with Gasteiger partial charge in [-0.1, -0.05) is 0 Å². The number of hydrogen-bond acceptors (Lipinski definition) is 9. The summed E-state index contributed by atoms with van der Waals surface area (Å²) in [4.78, 5) is 33.9. The third-order valence-electron chi connectivity index (χ3n) is 3.93. The highest BCUT2D eigenvalue weighted by Crippen LogP contribution is 2.25. The van der Waals surface area contributed by atoms with Gasteiger partial charge in [-0.05, 0) is 12.8 Å². The molecule has 0 bridgehead atoms. The van der Waals surface area contributed by atoms with Crippen LogP contribution in [-0.2, 0) is 9.59 Å². The van der Waals surface area contributed by atoms with Crippen LogP contribution in [0.5, 0.6) is 0 Å². The Morgan fingerprint density at radius 3 is 2.63 bits per heavy atom. The van der Waals surface area contributed by atoms with Crippen molar-refractivity contribution < 1.29 is 34.1 Å². The monoisotopic (exact) mass is 386 g/mol. The molecule has 150 valence electrons. The summed E-state index contributed by atoms with van der Waals surface area (Å²) >= 11 is 0. The second-order valence-corrected chi connectivity index (χ2v) is 6.08. The Morgan fingerprint density at radius 2 is 2.07 bits per heavy atom. The van der Waals surface area contributed by atoms with Crippen LogP contribution in [0.25, 0.3) is 0 Å².